The summed E-state index contributed by atoms with van der Waals surface area (Å²) in [4.78, 5) is 14.6. The van der Waals surface area contributed by atoms with Crippen molar-refractivity contribution in [3.63, 3.8) is 0 Å². The predicted molar refractivity (Wildman–Crippen MR) is 89.1 cm³/mol. The van der Waals surface area contributed by atoms with E-state index in [2.05, 4.69) is 15.5 Å². The van der Waals surface area contributed by atoms with Crippen molar-refractivity contribution in [1.29, 1.82) is 0 Å². The second kappa shape index (κ2) is 8.69. The number of amides is 1. The minimum absolute atomic E-state index is 0. The first-order valence-electron chi connectivity index (χ1n) is 7.15. The molecule has 2 aliphatic heterocycles. The molecule has 0 aromatic rings. The Morgan fingerprint density at radius 3 is 2.45 bits per heavy atom. The van der Waals surface area contributed by atoms with Crippen LogP contribution in [-0.2, 0) is 4.79 Å². The van der Waals surface area contributed by atoms with E-state index in [1.54, 1.807) is 11.8 Å². The van der Waals surface area contributed by atoms with Crippen molar-refractivity contribution >= 4 is 42.5 Å². The van der Waals surface area contributed by atoms with E-state index in [9.17, 15) is 4.79 Å². The Labute approximate surface area is 138 Å². The maximum atomic E-state index is 12.0. The van der Waals surface area contributed by atoms with Gasteiger partial charge < -0.3 is 10.2 Å². The highest BCUT2D eigenvalue weighted by atomic mass is 35.5. The Morgan fingerprint density at radius 2 is 1.90 bits per heavy atom. The smallest absolute Gasteiger partial charge is 0.238 e. The third-order valence-electron chi connectivity index (χ3n) is 4.18. The number of halogens is 2. The molecule has 2 saturated heterocycles. The van der Waals surface area contributed by atoms with Crippen molar-refractivity contribution in [2.24, 2.45) is 5.92 Å². The first-order valence-corrected chi connectivity index (χ1v) is 8.30. The number of nitrogens with one attached hydrogen (secondary N) is 2. The number of hydrogen-bond acceptors (Lipinski definition) is 4. The molecule has 3 fully saturated rings. The van der Waals surface area contributed by atoms with Gasteiger partial charge in [-0.2, -0.15) is 0 Å². The lowest BCUT2D eigenvalue weighted by atomic mass is 10.0. The number of nitrogens with zero attached hydrogens (tertiary/aromatic N) is 1. The lowest BCUT2D eigenvalue weighted by molar-refractivity contribution is -0.123. The summed E-state index contributed by atoms with van der Waals surface area (Å²) in [6.45, 7) is 3.62. The van der Waals surface area contributed by atoms with Crippen LogP contribution in [0.15, 0.2) is 0 Å². The molecule has 0 radical (unpaired) electrons. The molecule has 2 N–H and O–H groups in total. The minimum atomic E-state index is 0. The Morgan fingerprint density at radius 1 is 1.20 bits per heavy atom. The number of carbonyl (C=O) groups is 1. The number of rotatable bonds is 4. The summed E-state index contributed by atoms with van der Waals surface area (Å²) in [7, 11) is 0. The molecule has 1 saturated carbocycles. The normalized spacial score (nSPS) is 27.5. The van der Waals surface area contributed by atoms with Crippen LogP contribution in [0.2, 0.25) is 0 Å². The predicted octanol–water partition coefficient (Wildman–Crippen LogP) is 1.48. The summed E-state index contributed by atoms with van der Waals surface area (Å²) in [5.74, 6) is 3.03. The van der Waals surface area contributed by atoms with Gasteiger partial charge in [0.05, 0.1) is 6.04 Å². The molecule has 0 aromatic heterocycles. The molecule has 20 heavy (non-hydrogen) atoms. The van der Waals surface area contributed by atoms with Crippen molar-refractivity contribution in [2.75, 3.05) is 31.3 Å². The lowest BCUT2D eigenvalue weighted by Crippen LogP contribution is -2.50. The number of hydrogen-bond donors (Lipinski definition) is 2. The van der Waals surface area contributed by atoms with Crippen molar-refractivity contribution in [1.82, 2.24) is 15.5 Å². The molecular weight excluding hydrogens is 317 g/mol. The fraction of sp³-hybridized carbons (Fsp3) is 0.923. The molecule has 3 rings (SSSR count). The fourth-order valence-electron chi connectivity index (χ4n) is 2.79. The average molecular weight is 342 g/mol. The third kappa shape index (κ3) is 5.26. The second-order valence-corrected chi connectivity index (χ2v) is 6.83. The monoisotopic (exact) mass is 341 g/mol. The molecule has 1 atom stereocenters. The summed E-state index contributed by atoms with van der Waals surface area (Å²) < 4.78 is 0. The number of thioether (sulfide) groups is 1. The standard InChI is InChI=1S/C13H23N3OS.2ClH/c17-13(12-8-18-9-14-12)15-11-3-5-16(6-4-11)7-10-1-2-10;;/h10-12,14H,1-9H2,(H,15,17);2*1H. The van der Waals surface area contributed by atoms with Crippen LogP contribution in [-0.4, -0.2) is 54.2 Å². The van der Waals surface area contributed by atoms with Gasteiger partial charge in [-0.15, -0.1) is 36.6 Å². The van der Waals surface area contributed by atoms with Crippen LogP contribution in [0.1, 0.15) is 25.7 Å². The van der Waals surface area contributed by atoms with Gasteiger partial charge in [-0.3, -0.25) is 10.1 Å². The van der Waals surface area contributed by atoms with Crippen molar-refractivity contribution in [2.45, 2.75) is 37.8 Å². The first-order chi connectivity index (χ1) is 8.81. The Bertz CT molecular complexity index is 304. The summed E-state index contributed by atoms with van der Waals surface area (Å²) in [6, 6.07) is 0.444. The zero-order valence-electron chi connectivity index (χ0n) is 11.7. The lowest BCUT2D eigenvalue weighted by Gasteiger charge is -2.32. The highest BCUT2D eigenvalue weighted by Gasteiger charge is 2.29. The Hall–Kier alpha value is 0.320. The van der Waals surface area contributed by atoms with Gasteiger partial charge in [0.1, 0.15) is 0 Å². The summed E-state index contributed by atoms with van der Waals surface area (Å²) in [5, 5.41) is 6.44. The maximum Gasteiger partial charge on any atom is 0.238 e. The molecule has 1 unspecified atom stereocenters. The third-order valence-corrected chi connectivity index (χ3v) is 5.12. The zero-order valence-corrected chi connectivity index (χ0v) is 14.1. The molecule has 3 aliphatic rings. The molecule has 7 heteroatoms. The van der Waals surface area contributed by atoms with E-state index in [-0.39, 0.29) is 36.8 Å². The Balaban J connectivity index is 0.000001000. The largest absolute Gasteiger partial charge is 0.352 e. The highest BCUT2D eigenvalue weighted by Crippen LogP contribution is 2.30. The van der Waals surface area contributed by atoms with Gasteiger partial charge in [0, 0.05) is 37.3 Å². The van der Waals surface area contributed by atoms with Gasteiger partial charge >= 0.3 is 0 Å². The molecule has 2 heterocycles. The highest BCUT2D eigenvalue weighted by molar-refractivity contribution is 7.99. The van der Waals surface area contributed by atoms with Gasteiger partial charge in [-0.25, -0.2) is 0 Å². The van der Waals surface area contributed by atoms with E-state index in [4.69, 9.17) is 0 Å². The molecule has 4 nitrogen and oxygen atoms in total. The van der Waals surface area contributed by atoms with Crippen LogP contribution in [0.4, 0.5) is 0 Å². The van der Waals surface area contributed by atoms with E-state index in [1.165, 1.54) is 19.4 Å². The van der Waals surface area contributed by atoms with Gasteiger partial charge in [0.15, 0.2) is 0 Å². The van der Waals surface area contributed by atoms with E-state index in [0.29, 0.717) is 6.04 Å². The SMILES string of the molecule is Cl.Cl.O=C(NC1CCN(CC2CC2)CC1)C1CSCN1. The minimum Gasteiger partial charge on any atom is -0.352 e. The van der Waals surface area contributed by atoms with Crippen LogP contribution >= 0.6 is 36.6 Å². The van der Waals surface area contributed by atoms with Crippen LogP contribution in [0.3, 0.4) is 0 Å². The molecule has 1 amide bonds. The number of piperidine rings is 1. The quantitative estimate of drug-likeness (QED) is 0.812. The first kappa shape index (κ1) is 18.4. The number of carbonyl (C=O) groups excluding carboxylic acids is 1. The van der Waals surface area contributed by atoms with Gasteiger partial charge in [-0.1, -0.05) is 0 Å². The van der Waals surface area contributed by atoms with E-state index >= 15 is 0 Å². The molecule has 1 aliphatic carbocycles. The summed E-state index contributed by atoms with van der Waals surface area (Å²) in [6.07, 6.45) is 5.11. The molecule has 0 bridgehead atoms. The van der Waals surface area contributed by atoms with Crippen LogP contribution in [0.25, 0.3) is 0 Å². The van der Waals surface area contributed by atoms with Crippen molar-refractivity contribution in [3.05, 3.63) is 0 Å². The Kier molecular flexibility index (Phi) is 7.98. The van der Waals surface area contributed by atoms with E-state index in [0.717, 1.165) is 43.5 Å². The van der Waals surface area contributed by atoms with E-state index < -0.39 is 0 Å². The summed E-state index contributed by atoms with van der Waals surface area (Å²) in [5.41, 5.74) is 0. The fourth-order valence-corrected chi connectivity index (χ4v) is 3.73. The number of likely N-dealkylation sites (tertiary alicyclic amines) is 1. The van der Waals surface area contributed by atoms with Crippen molar-refractivity contribution in [3.8, 4) is 0 Å². The maximum absolute atomic E-state index is 12.0. The van der Waals surface area contributed by atoms with Crippen LogP contribution < -0.4 is 10.6 Å². The topological polar surface area (TPSA) is 44.4 Å². The molecule has 0 spiro atoms. The molecule has 118 valence electrons. The van der Waals surface area contributed by atoms with E-state index in [1.807, 2.05) is 0 Å². The van der Waals surface area contributed by atoms with Gasteiger partial charge in [0.25, 0.3) is 0 Å². The van der Waals surface area contributed by atoms with Crippen LogP contribution in [0.5, 0.6) is 0 Å². The molecular formula is C13H25Cl2N3OS. The zero-order chi connectivity index (χ0) is 12.4. The summed E-state index contributed by atoms with van der Waals surface area (Å²) >= 11 is 1.81. The average Bonchev–Trinajstić information content (AvgIpc) is 3.02. The van der Waals surface area contributed by atoms with Crippen LogP contribution in [0, 0.1) is 5.92 Å². The van der Waals surface area contributed by atoms with Gasteiger partial charge in [-0.05, 0) is 31.6 Å². The van der Waals surface area contributed by atoms with Gasteiger partial charge in [0.2, 0.25) is 5.91 Å². The molecule has 0 aromatic carbocycles. The van der Waals surface area contributed by atoms with Crippen molar-refractivity contribution < 1.29 is 4.79 Å². The second-order valence-electron chi connectivity index (χ2n) is 5.80.